The predicted molar refractivity (Wildman–Crippen MR) is 97.0 cm³/mol. The summed E-state index contributed by atoms with van der Waals surface area (Å²) in [7, 11) is -3.53. The van der Waals surface area contributed by atoms with E-state index in [1.165, 1.54) is 28.6 Å². The average molecular weight is 412 g/mol. The smallest absolute Gasteiger partial charge is 0.348 e. The second kappa shape index (κ2) is 7.92. The number of carbonyl (C=O) groups is 1. The van der Waals surface area contributed by atoms with Crippen LogP contribution < -0.4 is 5.32 Å². The molecule has 0 saturated carbocycles. The second-order valence-electron chi connectivity index (χ2n) is 6.48. The maximum atomic E-state index is 13.0. The maximum absolute atomic E-state index is 13.0. The monoisotopic (exact) mass is 412 g/mol. The number of amides is 1. The lowest BCUT2D eigenvalue weighted by atomic mass is 10.1. The molecular weight excluding hydrogens is 393 g/mol. The van der Waals surface area contributed by atoms with Crippen molar-refractivity contribution in [3.05, 3.63) is 65.2 Å². The molecule has 9 heteroatoms. The van der Waals surface area contributed by atoms with Crippen molar-refractivity contribution in [2.24, 2.45) is 0 Å². The molecule has 1 aliphatic heterocycles. The Labute approximate surface area is 161 Å². The van der Waals surface area contributed by atoms with Gasteiger partial charge in [0.2, 0.25) is 10.0 Å². The van der Waals surface area contributed by atoms with E-state index in [0.717, 1.165) is 25.0 Å². The highest BCUT2D eigenvalue weighted by molar-refractivity contribution is 7.89. The van der Waals surface area contributed by atoms with E-state index in [2.05, 4.69) is 5.32 Å². The van der Waals surface area contributed by atoms with Crippen molar-refractivity contribution in [3.63, 3.8) is 0 Å². The number of alkyl halides is 3. The van der Waals surface area contributed by atoms with E-state index in [1.807, 2.05) is 0 Å². The molecule has 1 fully saturated rings. The van der Waals surface area contributed by atoms with Crippen LogP contribution in [0.2, 0.25) is 0 Å². The number of rotatable bonds is 5. The molecule has 2 aromatic rings. The highest BCUT2D eigenvalue weighted by atomic mass is 32.2. The largest absolute Gasteiger partial charge is 0.417 e. The fourth-order valence-corrected chi connectivity index (χ4v) is 4.58. The number of halogens is 3. The molecule has 28 heavy (non-hydrogen) atoms. The van der Waals surface area contributed by atoms with Crippen LogP contribution in [-0.4, -0.2) is 31.7 Å². The van der Waals surface area contributed by atoms with Crippen LogP contribution in [0.15, 0.2) is 53.4 Å². The molecule has 150 valence electrons. The third-order valence-electron chi connectivity index (χ3n) is 4.56. The molecule has 2 aromatic carbocycles. The number of hydrogen-bond acceptors (Lipinski definition) is 3. The third-order valence-corrected chi connectivity index (χ3v) is 6.47. The van der Waals surface area contributed by atoms with Crippen LogP contribution in [0.5, 0.6) is 0 Å². The summed E-state index contributed by atoms with van der Waals surface area (Å²) in [5.41, 5.74) is -0.874. The van der Waals surface area contributed by atoms with Crippen LogP contribution in [0, 0.1) is 0 Å². The van der Waals surface area contributed by atoms with Crippen molar-refractivity contribution < 1.29 is 26.4 Å². The Morgan fingerprint density at radius 1 is 1.00 bits per heavy atom. The van der Waals surface area contributed by atoms with E-state index >= 15 is 0 Å². The van der Waals surface area contributed by atoms with Crippen LogP contribution in [0.1, 0.15) is 34.3 Å². The van der Waals surface area contributed by atoms with Crippen molar-refractivity contribution in [1.29, 1.82) is 0 Å². The molecule has 0 atom stereocenters. The number of benzene rings is 2. The van der Waals surface area contributed by atoms with Gasteiger partial charge in [-0.2, -0.15) is 17.5 Å². The van der Waals surface area contributed by atoms with Gasteiger partial charge in [-0.25, -0.2) is 8.42 Å². The summed E-state index contributed by atoms with van der Waals surface area (Å²) in [6.45, 7) is 0.979. The number of nitrogens with zero attached hydrogens (tertiary/aromatic N) is 1. The van der Waals surface area contributed by atoms with Crippen molar-refractivity contribution in [1.82, 2.24) is 9.62 Å². The van der Waals surface area contributed by atoms with Crippen LogP contribution in [0.3, 0.4) is 0 Å². The number of hydrogen-bond donors (Lipinski definition) is 1. The van der Waals surface area contributed by atoms with E-state index < -0.39 is 33.2 Å². The van der Waals surface area contributed by atoms with Crippen molar-refractivity contribution >= 4 is 15.9 Å². The lowest BCUT2D eigenvalue weighted by Crippen LogP contribution is -2.28. The van der Waals surface area contributed by atoms with Crippen molar-refractivity contribution in [3.8, 4) is 0 Å². The molecular formula is C19H19F3N2O3S. The molecule has 0 unspecified atom stereocenters. The molecule has 0 bridgehead atoms. The van der Waals surface area contributed by atoms with E-state index in [9.17, 15) is 26.4 Å². The Morgan fingerprint density at radius 3 is 2.21 bits per heavy atom. The summed E-state index contributed by atoms with van der Waals surface area (Å²) in [6, 6.07) is 10.5. The average Bonchev–Trinajstić information content (AvgIpc) is 3.21. The minimum atomic E-state index is -4.63. The van der Waals surface area contributed by atoms with Gasteiger partial charge in [-0.3, -0.25) is 4.79 Å². The topological polar surface area (TPSA) is 66.5 Å². The lowest BCUT2D eigenvalue weighted by molar-refractivity contribution is -0.137. The molecule has 0 aromatic heterocycles. The molecule has 5 nitrogen and oxygen atoms in total. The highest BCUT2D eigenvalue weighted by Gasteiger charge is 2.34. The third kappa shape index (κ3) is 4.36. The normalized spacial score (nSPS) is 15.5. The van der Waals surface area contributed by atoms with Gasteiger partial charge in [-0.1, -0.05) is 24.3 Å². The van der Waals surface area contributed by atoms with Gasteiger partial charge in [0.05, 0.1) is 16.0 Å². The summed E-state index contributed by atoms with van der Waals surface area (Å²) in [4.78, 5) is 12.3. The summed E-state index contributed by atoms with van der Waals surface area (Å²) in [6.07, 6.45) is -2.95. The van der Waals surface area contributed by atoms with Gasteiger partial charge in [-0.05, 0) is 42.7 Å². The van der Waals surface area contributed by atoms with Gasteiger partial charge in [-0.15, -0.1) is 0 Å². The zero-order valence-corrected chi connectivity index (χ0v) is 15.7. The first-order valence-electron chi connectivity index (χ1n) is 8.73. The SMILES string of the molecule is O=C(NCc1ccc(S(=O)(=O)N2CCCC2)cc1)c1ccccc1C(F)(F)F. The van der Waals surface area contributed by atoms with E-state index in [0.29, 0.717) is 18.7 Å². The van der Waals surface area contributed by atoms with Crippen LogP contribution in [0.25, 0.3) is 0 Å². The Hall–Kier alpha value is -2.39. The first kappa shape index (κ1) is 20.3. The van der Waals surface area contributed by atoms with Gasteiger partial charge in [0.1, 0.15) is 0 Å². The summed E-state index contributed by atoms with van der Waals surface area (Å²) >= 11 is 0. The fraction of sp³-hybridized carbons (Fsp3) is 0.316. The van der Waals surface area contributed by atoms with Crippen LogP contribution in [-0.2, 0) is 22.7 Å². The number of nitrogens with one attached hydrogen (secondary N) is 1. The Bertz CT molecular complexity index is 951. The summed E-state index contributed by atoms with van der Waals surface area (Å²) < 4.78 is 65.4. The van der Waals surface area contributed by atoms with E-state index in [-0.39, 0.29) is 11.4 Å². The molecule has 0 spiro atoms. The summed E-state index contributed by atoms with van der Waals surface area (Å²) in [5.74, 6) is -0.846. The highest BCUT2D eigenvalue weighted by Crippen LogP contribution is 2.31. The zero-order chi connectivity index (χ0) is 20.4. The van der Waals surface area contributed by atoms with E-state index in [4.69, 9.17) is 0 Å². The molecule has 3 rings (SSSR count). The minimum absolute atomic E-state index is 0.0188. The molecule has 1 aliphatic rings. The van der Waals surface area contributed by atoms with Gasteiger partial charge >= 0.3 is 6.18 Å². The molecule has 1 N–H and O–H groups in total. The van der Waals surface area contributed by atoms with Crippen LogP contribution in [0.4, 0.5) is 13.2 Å². The zero-order valence-electron chi connectivity index (χ0n) is 14.9. The molecule has 1 amide bonds. The van der Waals surface area contributed by atoms with Gasteiger partial charge in [0, 0.05) is 19.6 Å². The van der Waals surface area contributed by atoms with Crippen molar-refractivity contribution in [2.75, 3.05) is 13.1 Å². The van der Waals surface area contributed by atoms with E-state index in [1.54, 1.807) is 12.1 Å². The number of sulfonamides is 1. The minimum Gasteiger partial charge on any atom is -0.348 e. The quantitative estimate of drug-likeness (QED) is 0.818. The standard InChI is InChI=1S/C19H19F3N2O3S/c20-19(21,22)17-6-2-1-5-16(17)18(25)23-13-14-7-9-15(10-8-14)28(26,27)24-11-3-4-12-24/h1-2,5-10H,3-4,11-13H2,(H,23,25). The Balaban J connectivity index is 1.68. The Morgan fingerprint density at radius 2 is 1.61 bits per heavy atom. The first-order chi connectivity index (χ1) is 13.2. The molecule has 0 aliphatic carbocycles. The van der Waals surface area contributed by atoms with Gasteiger partial charge in [0.15, 0.2) is 0 Å². The van der Waals surface area contributed by atoms with Crippen molar-refractivity contribution in [2.45, 2.75) is 30.5 Å². The number of carbonyl (C=O) groups excluding carboxylic acids is 1. The molecule has 1 heterocycles. The molecule has 1 saturated heterocycles. The predicted octanol–water partition coefficient (Wildman–Crippen LogP) is 3.42. The fourth-order valence-electron chi connectivity index (χ4n) is 3.06. The maximum Gasteiger partial charge on any atom is 0.417 e. The second-order valence-corrected chi connectivity index (χ2v) is 8.42. The van der Waals surface area contributed by atoms with Gasteiger partial charge in [0.25, 0.3) is 5.91 Å². The Kier molecular flexibility index (Phi) is 5.76. The molecule has 0 radical (unpaired) electrons. The lowest BCUT2D eigenvalue weighted by Gasteiger charge is -2.16. The first-order valence-corrected chi connectivity index (χ1v) is 10.2. The summed E-state index contributed by atoms with van der Waals surface area (Å²) in [5, 5.41) is 2.44. The van der Waals surface area contributed by atoms with Crippen LogP contribution >= 0.6 is 0 Å². The van der Waals surface area contributed by atoms with Gasteiger partial charge < -0.3 is 5.32 Å².